The molecule has 172 valence electrons. The Hall–Kier alpha value is -3.16. The minimum atomic E-state index is -3.91. The summed E-state index contributed by atoms with van der Waals surface area (Å²) >= 11 is 0. The molecule has 1 atom stereocenters. The Morgan fingerprint density at radius 2 is 1.64 bits per heavy atom. The van der Waals surface area contributed by atoms with E-state index < -0.39 is 16.1 Å². The van der Waals surface area contributed by atoms with Crippen LogP contribution in [0.4, 0.5) is 0 Å². The number of sulfonamides is 1. The normalized spacial score (nSPS) is 14.4. The SMILES string of the molecule is CCOc1ccc(S(=O)(=O)N[C@@H](Cc2ccccc2)C(=O)N2CCc3ccccc3C2)cc1. The van der Waals surface area contributed by atoms with E-state index >= 15 is 0 Å². The highest BCUT2D eigenvalue weighted by molar-refractivity contribution is 7.89. The molecule has 0 fully saturated rings. The number of rotatable bonds is 8. The predicted molar refractivity (Wildman–Crippen MR) is 127 cm³/mol. The summed E-state index contributed by atoms with van der Waals surface area (Å²) in [7, 11) is -3.91. The summed E-state index contributed by atoms with van der Waals surface area (Å²) in [6, 6.07) is 22.8. The molecule has 1 aliphatic heterocycles. The van der Waals surface area contributed by atoms with Crippen molar-refractivity contribution < 1.29 is 17.9 Å². The summed E-state index contributed by atoms with van der Waals surface area (Å²) in [5.74, 6) is 0.378. The molecule has 0 unspecified atom stereocenters. The van der Waals surface area contributed by atoms with Gasteiger partial charge in [-0.1, -0.05) is 54.6 Å². The van der Waals surface area contributed by atoms with Crippen LogP contribution in [0.25, 0.3) is 0 Å². The van der Waals surface area contributed by atoms with E-state index in [1.165, 1.54) is 17.7 Å². The molecule has 3 aromatic rings. The first-order chi connectivity index (χ1) is 16.0. The molecule has 1 amide bonds. The molecule has 0 saturated heterocycles. The predicted octanol–water partition coefficient (Wildman–Crippen LogP) is 3.56. The largest absolute Gasteiger partial charge is 0.494 e. The van der Waals surface area contributed by atoms with Crippen molar-refractivity contribution in [3.05, 3.63) is 95.6 Å². The van der Waals surface area contributed by atoms with Gasteiger partial charge in [0.15, 0.2) is 0 Å². The number of hydrogen-bond acceptors (Lipinski definition) is 4. The molecule has 1 aliphatic rings. The third-order valence-corrected chi connectivity index (χ3v) is 7.25. The summed E-state index contributed by atoms with van der Waals surface area (Å²) in [4.78, 5) is 15.4. The van der Waals surface area contributed by atoms with Crippen LogP contribution in [-0.4, -0.2) is 38.4 Å². The monoisotopic (exact) mass is 464 g/mol. The zero-order valence-corrected chi connectivity index (χ0v) is 19.4. The molecule has 4 rings (SSSR count). The highest BCUT2D eigenvalue weighted by Crippen LogP contribution is 2.21. The van der Waals surface area contributed by atoms with Crippen molar-refractivity contribution in [3.8, 4) is 5.75 Å². The number of benzene rings is 3. The number of ether oxygens (including phenoxy) is 1. The topological polar surface area (TPSA) is 75.7 Å². The first kappa shape index (κ1) is 23.0. The van der Waals surface area contributed by atoms with Gasteiger partial charge in [-0.3, -0.25) is 4.79 Å². The van der Waals surface area contributed by atoms with Crippen LogP contribution in [0.2, 0.25) is 0 Å². The van der Waals surface area contributed by atoms with Gasteiger partial charge in [-0.2, -0.15) is 4.72 Å². The van der Waals surface area contributed by atoms with Crippen LogP contribution >= 0.6 is 0 Å². The lowest BCUT2D eigenvalue weighted by Crippen LogP contribution is -2.50. The average Bonchev–Trinajstić information content (AvgIpc) is 2.84. The number of nitrogens with one attached hydrogen (secondary N) is 1. The molecular formula is C26H28N2O4S. The van der Waals surface area contributed by atoms with Gasteiger partial charge in [0.25, 0.3) is 0 Å². The number of amides is 1. The van der Waals surface area contributed by atoms with Crippen LogP contribution in [0.15, 0.2) is 83.8 Å². The lowest BCUT2D eigenvalue weighted by molar-refractivity contribution is -0.133. The van der Waals surface area contributed by atoms with E-state index in [-0.39, 0.29) is 17.2 Å². The molecule has 0 saturated carbocycles. The molecule has 0 aliphatic carbocycles. The summed E-state index contributed by atoms with van der Waals surface area (Å²) in [5.41, 5.74) is 3.23. The van der Waals surface area contributed by atoms with E-state index in [9.17, 15) is 13.2 Å². The maximum Gasteiger partial charge on any atom is 0.241 e. The van der Waals surface area contributed by atoms with Crippen molar-refractivity contribution in [3.63, 3.8) is 0 Å². The smallest absolute Gasteiger partial charge is 0.241 e. The fraction of sp³-hybridized carbons (Fsp3) is 0.269. The van der Waals surface area contributed by atoms with Gasteiger partial charge in [-0.05, 0) is 60.7 Å². The molecule has 0 spiro atoms. The van der Waals surface area contributed by atoms with E-state index in [1.54, 1.807) is 17.0 Å². The fourth-order valence-corrected chi connectivity index (χ4v) is 5.26. The van der Waals surface area contributed by atoms with Crippen LogP contribution in [0.1, 0.15) is 23.6 Å². The molecule has 0 bridgehead atoms. The highest BCUT2D eigenvalue weighted by atomic mass is 32.2. The minimum absolute atomic E-state index is 0.0980. The van der Waals surface area contributed by atoms with Gasteiger partial charge >= 0.3 is 0 Å². The van der Waals surface area contributed by atoms with Gasteiger partial charge in [0, 0.05) is 13.1 Å². The number of nitrogens with zero attached hydrogens (tertiary/aromatic N) is 1. The lowest BCUT2D eigenvalue weighted by Gasteiger charge is -2.32. The number of carbonyl (C=O) groups excluding carboxylic acids is 1. The van der Waals surface area contributed by atoms with E-state index in [4.69, 9.17) is 4.74 Å². The number of fused-ring (bicyclic) bond motifs is 1. The Labute approximate surface area is 195 Å². The first-order valence-corrected chi connectivity index (χ1v) is 12.6. The Morgan fingerprint density at radius 3 is 2.33 bits per heavy atom. The van der Waals surface area contributed by atoms with Gasteiger partial charge in [0.2, 0.25) is 15.9 Å². The van der Waals surface area contributed by atoms with E-state index in [2.05, 4.69) is 10.8 Å². The summed E-state index contributed by atoms with van der Waals surface area (Å²) in [5, 5.41) is 0. The van der Waals surface area contributed by atoms with Crippen molar-refractivity contribution in [1.29, 1.82) is 0 Å². The first-order valence-electron chi connectivity index (χ1n) is 11.1. The Kier molecular flexibility index (Phi) is 7.11. The van der Waals surface area contributed by atoms with Crippen LogP contribution in [0, 0.1) is 0 Å². The minimum Gasteiger partial charge on any atom is -0.494 e. The molecule has 33 heavy (non-hydrogen) atoms. The van der Waals surface area contributed by atoms with Crippen LogP contribution < -0.4 is 9.46 Å². The second-order valence-corrected chi connectivity index (χ2v) is 9.76. The van der Waals surface area contributed by atoms with Crippen molar-refractivity contribution in [1.82, 2.24) is 9.62 Å². The molecule has 0 radical (unpaired) electrons. The van der Waals surface area contributed by atoms with E-state index in [1.807, 2.05) is 55.5 Å². The van der Waals surface area contributed by atoms with Crippen molar-refractivity contribution in [2.75, 3.05) is 13.2 Å². The zero-order chi connectivity index (χ0) is 23.3. The number of carbonyl (C=O) groups is 1. The summed E-state index contributed by atoms with van der Waals surface area (Å²) in [6.45, 7) is 3.40. The fourth-order valence-electron chi connectivity index (χ4n) is 4.07. The average molecular weight is 465 g/mol. The quantitative estimate of drug-likeness (QED) is 0.553. The second-order valence-electron chi connectivity index (χ2n) is 8.05. The Morgan fingerprint density at radius 1 is 0.970 bits per heavy atom. The van der Waals surface area contributed by atoms with Gasteiger partial charge in [0.1, 0.15) is 11.8 Å². The standard InChI is InChI=1S/C26H28N2O4S/c1-2-32-23-12-14-24(15-13-23)33(30,31)27-25(18-20-8-4-3-5-9-20)26(29)28-17-16-21-10-6-7-11-22(21)19-28/h3-15,25,27H,2,16-19H2,1H3/t25-/m0/s1. The third-order valence-electron chi connectivity index (χ3n) is 5.77. The van der Waals surface area contributed by atoms with Crippen LogP contribution in [-0.2, 0) is 34.2 Å². The van der Waals surface area contributed by atoms with E-state index in [0.717, 1.165) is 17.5 Å². The molecular weight excluding hydrogens is 436 g/mol. The van der Waals surface area contributed by atoms with Gasteiger partial charge < -0.3 is 9.64 Å². The van der Waals surface area contributed by atoms with Gasteiger partial charge in [-0.15, -0.1) is 0 Å². The molecule has 7 heteroatoms. The van der Waals surface area contributed by atoms with Gasteiger partial charge in [0.05, 0.1) is 11.5 Å². The van der Waals surface area contributed by atoms with Crippen molar-refractivity contribution in [2.24, 2.45) is 0 Å². The number of hydrogen-bond donors (Lipinski definition) is 1. The zero-order valence-electron chi connectivity index (χ0n) is 18.6. The van der Waals surface area contributed by atoms with Crippen molar-refractivity contribution >= 4 is 15.9 Å². The molecule has 6 nitrogen and oxygen atoms in total. The molecule has 3 aromatic carbocycles. The Balaban J connectivity index is 1.57. The van der Waals surface area contributed by atoms with Crippen LogP contribution in [0.5, 0.6) is 5.75 Å². The third kappa shape index (κ3) is 5.61. The molecule has 0 aromatic heterocycles. The van der Waals surface area contributed by atoms with E-state index in [0.29, 0.717) is 25.4 Å². The summed E-state index contributed by atoms with van der Waals surface area (Å²) < 4.78 is 34.4. The van der Waals surface area contributed by atoms with Gasteiger partial charge in [-0.25, -0.2) is 8.42 Å². The maximum atomic E-state index is 13.5. The maximum absolute atomic E-state index is 13.5. The summed E-state index contributed by atoms with van der Waals surface area (Å²) in [6.07, 6.45) is 1.03. The lowest BCUT2D eigenvalue weighted by atomic mass is 9.98. The van der Waals surface area contributed by atoms with Crippen LogP contribution in [0.3, 0.4) is 0 Å². The van der Waals surface area contributed by atoms with Crippen molar-refractivity contribution in [2.45, 2.75) is 37.2 Å². The Bertz CT molecular complexity index is 1190. The molecule has 1 N–H and O–H groups in total. The molecule has 1 heterocycles. The highest BCUT2D eigenvalue weighted by Gasteiger charge is 2.31. The second kappa shape index (κ2) is 10.2.